The number of hydrogen-bond donors (Lipinski definition) is 0. The van der Waals surface area contributed by atoms with Gasteiger partial charge in [-0.1, -0.05) is 91.0 Å². The summed E-state index contributed by atoms with van der Waals surface area (Å²) >= 11 is 0. The Morgan fingerprint density at radius 3 is 1.82 bits per heavy atom. The first-order valence-corrected chi connectivity index (χ1v) is 11.4. The highest BCUT2D eigenvalue weighted by atomic mass is 16.7. The van der Waals surface area contributed by atoms with Gasteiger partial charge in [0.25, 0.3) is 0 Å². The van der Waals surface area contributed by atoms with Crippen LogP contribution in [0, 0.1) is 0 Å². The van der Waals surface area contributed by atoms with Gasteiger partial charge in [-0.15, -0.1) is 5.06 Å². The minimum absolute atomic E-state index is 0.0267. The highest BCUT2D eigenvalue weighted by Gasteiger charge is 2.72. The Bertz CT molecular complexity index is 1220. The molecule has 4 heteroatoms. The molecule has 1 fully saturated rings. The van der Waals surface area contributed by atoms with Crippen molar-refractivity contribution in [2.75, 3.05) is 7.05 Å². The number of fused-ring (bicyclic) bond motifs is 1. The van der Waals surface area contributed by atoms with E-state index in [1.54, 1.807) is 0 Å². The minimum Gasteiger partial charge on any atom is -0.402 e. The standard InChI is InChI=1S/C29H30N2O2/c1-27(2)28(3,4)31-29(30(27)5,23-19-13-8-14-20-23)24(25(32)21-15-9-6-10-16-21)26(33-31)22-17-11-7-12-18-22/h6-20H,1-5H3. The van der Waals surface area contributed by atoms with Crippen LogP contribution in [0.2, 0.25) is 0 Å². The molecule has 0 spiro atoms. The normalized spacial score (nSPS) is 23.9. The molecule has 0 bridgehead atoms. The van der Waals surface area contributed by atoms with Gasteiger partial charge >= 0.3 is 0 Å². The van der Waals surface area contributed by atoms with Gasteiger partial charge in [-0.2, -0.15) is 0 Å². The van der Waals surface area contributed by atoms with Crippen molar-refractivity contribution in [1.82, 2.24) is 9.96 Å². The van der Waals surface area contributed by atoms with E-state index in [9.17, 15) is 4.79 Å². The van der Waals surface area contributed by atoms with E-state index in [0.717, 1.165) is 11.1 Å². The van der Waals surface area contributed by atoms with Crippen molar-refractivity contribution in [2.24, 2.45) is 0 Å². The highest BCUT2D eigenvalue weighted by Crippen LogP contribution is 2.61. The van der Waals surface area contributed by atoms with Crippen LogP contribution >= 0.6 is 0 Å². The third-order valence-corrected chi connectivity index (χ3v) is 7.86. The summed E-state index contributed by atoms with van der Waals surface area (Å²) in [5.74, 6) is 0.588. The summed E-state index contributed by atoms with van der Waals surface area (Å²) in [5, 5.41) is 2.05. The van der Waals surface area contributed by atoms with Crippen LogP contribution in [0.5, 0.6) is 0 Å². The molecule has 0 amide bonds. The van der Waals surface area contributed by atoms with E-state index in [-0.39, 0.29) is 11.3 Å². The zero-order valence-corrected chi connectivity index (χ0v) is 19.9. The average molecular weight is 439 g/mol. The van der Waals surface area contributed by atoms with Gasteiger partial charge in [-0.05, 0) is 40.3 Å². The average Bonchev–Trinajstić information content (AvgIpc) is 3.26. The number of ketones is 1. The number of benzene rings is 3. The predicted octanol–water partition coefficient (Wildman–Crippen LogP) is 5.88. The quantitative estimate of drug-likeness (QED) is 0.476. The van der Waals surface area contributed by atoms with Crippen LogP contribution in [0.15, 0.2) is 96.6 Å². The molecule has 2 aliphatic heterocycles. The first-order chi connectivity index (χ1) is 15.7. The number of carbonyl (C=O) groups excluding carboxylic acids is 1. The number of nitrogens with zero attached hydrogens (tertiary/aromatic N) is 2. The Hall–Kier alpha value is -3.21. The molecule has 33 heavy (non-hydrogen) atoms. The number of hydrogen-bond acceptors (Lipinski definition) is 4. The summed E-state index contributed by atoms with van der Waals surface area (Å²) in [6.07, 6.45) is 0. The fourth-order valence-corrected chi connectivity index (χ4v) is 5.26. The number of rotatable bonds is 4. The fraction of sp³-hybridized carbons (Fsp3) is 0.276. The van der Waals surface area contributed by atoms with Crippen molar-refractivity contribution in [3.8, 4) is 0 Å². The van der Waals surface area contributed by atoms with Crippen molar-refractivity contribution in [3.05, 3.63) is 113 Å². The van der Waals surface area contributed by atoms with Crippen LogP contribution in [0.25, 0.3) is 5.76 Å². The van der Waals surface area contributed by atoms with Gasteiger partial charge in [-0.3, -0.25) is 9.69 Å². The predicted molar refractivity (Wildman–Crippen MR) is 131 cm³/mol. The summed E-state index contributed by atoms with van der Waals surface area (Å²) in [6.45, 7) is 8.80. The monoisotopic (exact) mass is 438 g/mol. The largest absolute Gasteiger partial charge is 0.402 e. The molecule has 0 aromatic heterocycles. The lowest BCUT2D eigenvalue weighted by molar-refractivity contribution is -0.186. The van der Waals surface area contributed by atoms with Crippen molar-refractivity contribution >= 4 is 11.5 Å². The van der Waals surface area contributed by atoms with E-state index in [1.165, 1.54) is 0 Å². The van der Waals surface area contributed by atoms with Crippen molar-refractivity contribution in [1.29, 1.82) is 0 Å². The Morgan fingerprint density at radius 1 is 0.727 bits per heavy atom. The molecule has 0 N–H and O–H groups in total. The van der Waals surface area contributed by atoms with Crippen LogP contribution < -0.4 is 0 Å². The van der Waals surface area contributed by atoms with Crippen molar-refractivity contribution in [3.63, 3.8) is 0 Å². The molecule has 168 valence electrons. The zero-order valence-electron chi connectivity index (χ0n) is 19.9. The lowest BCUT2D eigenvalue weighted by atomic mass is 9.82. The Balaban J connectivity index is 1.88. The van der Waals surface area contributed by atoms with Gasteiger partial charge in [0.2, 0.25) is 0 Å². The van der Waals surface area contributed by atoms with Gasteiger partial charge < -0.3 is 4.84 Å². The number of Topliss-reactive ketones (excluding diaryl/α,β-unsaturated/α-hetero) is 1. The first kappa shape index (κ1) is 21.6. The number of hydroxylamine groups is 2. The van der Waals surface area contributed by atoms with E-state index in [4.69, 9.17) is 4.84 Å². The maximum absolute atomic E-state index is 14.3. The third kappa shape index (κ3) is 2.81. The number of carbonyl (C=O) groups is 1. The smallest absolute Gasteiger partial charge is 0.196 e. The molecule has 2 aliphatic rings. The zero-order chi connectivity index (χ0) is 23.4. The van der Waals surface area contributed by atoms with E-state index in [1.807, 2.05) is 83.9 Å². The molecule has 0 radical (unpaired) electrons. The lowest BCUT2D eigenvalue weighted by Gasteiger charge is -2.41. The topological polar surface area (TPSA) is 32.8 Å². The number of likely N-dealkylation sites (N-methyl/N-ethyl adjacent to an activating group) is 1. The van der Waals surface area contributed by atoms with Crippen molar-refractivity contribution < 1.29 is 9.63 Å². The molecule has 3 aromatic rings. The lowest BCUT2D eigenvalue weighted by Crippen LogP contribution is -2.53. The molecule has 0 saturated carbocycles. The van der Waals surface area contributed by atoms with Crippen LogP contribution in [0.1, 0.15) is 49.2 Å². The summed E-state index contributed by atoms with van der Waals surface area (Å²) in [7, 11) is 2.10. The van der Waals surface area contributed by atoms with Crippen LogP contribution in [0.4, 0.5) is 0 Å². The van der Waals surface area contributed by atoms with Crippen LogP contribution in [0.3, 0.4) is 0 Å². The van der Waals surface area contributed by atoms with Gasteiger partial charge in [-0.25, -0.2) is 0 Å². The van der Waals surface area contributed by atoms with Gasteiger partial charge in [0.1, 0.15) is 0 Å². The molecule has 3 aromatic carbocycles. The van der Waals surface area contributed by atoms with E-state index in [2.05, 4.69) is 51.8 Å². The molecule has 1 unspecified atom stereocenters. The highest BCUT2D eigenvalue weighted by molar-refractivity contribution is 6.14. The summed E-state index contributed by atoms with van der Waals surface area (Å²) in [5.41, 5.74) is 1.61. The van der Waals surface area contributed by atoms with Crippen LogP contribution in [-0.4, -0.2) is 33.9 Å². The summed E-state index contributed by atoms with van der Waals surface area (Å²) < 4.78 is 0. The molecule has 5 rings (SSSR count). The second-order valence-corrected chi connectivity index (χ2v) is 9.87. The minimum atomic E-state index is -0.883. The molecular weight excluding hydrogens is 408 g/mol. The van der Waals surface area contributed by atoms with Crippen molar-refractivity contribution in [2.45, 2.75) is 44.4 Å². The molecule has 1 atom stereocenters. The molecule has 4 nitrogen and oxygen atoms in total. The molecule has 0 aliphatic carbocycles. The molecule has 1 saturated heterocycles. The van der Waals surface area contributed by atoms with E-state index in [0.29, 0.717) is 16.9 Å². The summed E-state index contributed by atoms with van der Waals surface area (Å²) in [6, 6.07) is 29.7. The fourth-order valence-electron chi connectivity index (χ4n) is 5.26. The molecule has 2 heterocycles. The molecular formula is C29H30N2O2. The van der Waals surface area contributed by atoms with E-state index >= 15 is 0 Å². The van der Waals surface area contributed by atoms with Gasteiger partial charge in [0, 0.05) is 16.7 Å². The van der Waals surface area contributed by atoms with Gasteiger partial charge in [0.15, 0.2) is 17.2 Å². The van der Waals surface area contributed by atoms with Gasteiger partial charge in [0.05, 0.1) is 11.1 Å². The maximum Gasteiger partial charge on any atom is 0.196 e. The Morgan fingerprint density at radius 2 is 1.24 bits per heavy atom. The summed E-state index contributed by atoms with van der Waals surface area (Å²) in [4.78, 5) is 23.4. The first-order valence-electron chi connectivity index (χ1n) is 11.4. The van der Waals surface area contributed by atoms with Crippen LogP contribution in [-0.2, 0) is 10.5 Å². The third-order valence-electron chi connectivity index (χ3n) is 7.86. The maximum atomic E-state index is 14.3. The Kier molecular flexibility index (Phi) is 4.85. The van der Waals surface area contributed by atoms with E-state index < -0.39 is 11.2 Å². The SMILES string of the molecule is CN1C2(c3ccccc3)C(C(=O)c3ccccc3)=C(c3ccccc3)ON2C(C)(C)C1(C)C. The second kappa shape index (κ2) is 7.41. The Labute approximate surface area is 196 Å². The second-order valence-electron chi connectivity index (χ2n) is 9.87.